The minimum absolute atomic E-state index is 0.216. The third-order valence-electron chi connectivity index (χ3n) is 3.59. The number of anilines is 1. The zero-order valence-corrected chi connectivity index (χ0v) is 14.7. The van der Waals surface area contributed by atoms with Gasteiger partial charge in [0.05, 0.1) is 11.3 Å². The van der Waals surface area contributed by atoms with Crippen molar-refractivity contribution in [3.8, 4) is 0 Å². The van der Waals surface area contributed by atoms with E-state index in [4.69, 9.17) is 11.6 Å². The zero-order chi connectivity index (χ0) is 18.2. The Morgan fingerprint density at radius 1 is 1.12 bits per heavy atom. The minimum atomic E-state index is -0.310. The molecule has 0 fully saturated rings. The molecule has 132 valence electrons. The van der Waals surface area contributed by atoms with Gasteiger partial charge in [0.25, 0.3) is 5.91 Å². The first-order chi connectivity index (χ1) is 12.0. The van der Waals surface area contributed by atoms with Crippen LogP contribution in [0.25, 0.3) is 0 Å². The zero-order valence-electron chi connectivity index (χ0n) is 13.9. The molecule has 2 rings (SSSR count). The number of carbonyl (C=O) groups excluding carboxylic acids is 2. The molecule has 0 saturated carbocycles. The molecule has 4 nitrogen and oxygen atoms in total. The molecule has 2 N–H and O–H groups in total. The van der Waals surface area contributed by atoms with Crippen LogP contribution in [0.2, 0.25) is 5.02 Å². The fourth-order valence-electron chi connectivity index (χ4n) is 2.27. The summed E-state index contributed by atoms with van der Waals surface area (Å²) >= 11 is 5.98. The Bertz CT molecular complexity index is 748. The summed E-state index contributed by atoms with van der Waals surface area (Å²) in [6.07, 6.45) is 1.51. The summed E-state index contributed by atoms with van der Waals surface area (Å²) in [5.41, 5.74) is 1.61. The number of amides is 2. The van der Waals surface area contributed by atoms with Crippen molar-refractivity contribution < 1.29 is 14.0 Å². The third-order valence-corrected chi connectivity index (χ3v) is 3.82. The molecule has 0 spiro atoms. The predicted molar refractivity (Wildman–Crippen MR) is 97.4 cm³/mol. The molecular formula is C19H20ClFN2O2. The molecule has 0 saturated heterocycles. The van der Waals surface area contributed by atoms with E-state index in [1.54, 1.807) is 30.3 Å². The molecule has 25 heavy (non-hydrogen) atoms. The first kappa shape index (κ1) is 18.9. The van der Waals surface area contributed by atoms with Crippen LogP contribution >= 0.6 is 11.6 Å². The number of hydrogen-bond donors (Lipinski definition) is 2. The molecule has 0 radical (unpaired) electrons. The van der Waals surface area contributed by atoms with E-state index in [1.165, 1.54) is 12.1 Å². The van der Waals surface area contributed by atoms with Crippen molar-refractivity contribution in [1.82, 2.24) is 5.32 Å². The summed E-state index contributed by atoms with van der Waals surface area (Å²) in [5, 5.41) is 5.94. The van der Waals surface area contributed by atoms with Crippen molar-refractivity contribution in [1.29, 1.82) is 0 Å². The van der Waals surface area contributed by atoms with E-state index in [9.17, 15) is 14.0 Å². The molecule has 2 aromatic rings. The van der Waals surface area contributed by atoms with Gasteiger partial charge in [0.15, 0.2) is 0 Å². The van der Waals surface area contributed by atoms with E-state index in [1.807, 2.05) is 6.92 Å². The fraction of sp³-hybridized carbons (Fsp3) is 0.263. The quantitative estimate of drug-likeness (QED) is 0.775. The summed E-state index contributed by atoms with van der Waals surface area (Å²) in [6, 6.07) is 10.8. The van der Waals surface area contributed by atoms with Gasteiger partial charge >= 0.3 is 0 Å². The number of benzene rings is 2. The maximum Gasteiger partial charge on any atom is 0.253 e. The summed E-state index contributed by atoms with van der Waals surface area (Å²) in [7, 11) is 0. The Kier molecular flexibility index (Phi) is 6.95. The maximum atomic E-state index is 12.9. The summed E-state index contributed by atoms with van der Waals surface area (Å²) in [6.45, 7) is 2.51. The van der Waals surface area contributed by atoms with Gasteiger partial charge in [-0.15, -0.1) is 0 Å². The van der Waals surface area contributed by atoms with Crippen molar-refractivity contribution in [2.24, 2.45) is 0 Å². The van der Waals surface area contributed by atoms with Gasteiger partial charge in [-0.1, -0.05) is 30.7 Å². The van der Waals surface area contributed by atoms with Crippen LogP contribution in [0.15, 0.2) is 42.5 Å². The van der Waals surface area contributed by atoms with E-state index in [2.05, 4.69) is 10.6 Å². The lowest BCUT2D eigenvalue weighted by Gasteiger charge is -2.12. The van der Waals surface area contributed by atoms with Crippen LogP contribution in [0, 0.1) is 5.82 Å². The van der Waals surface area contributed by atoms with Crippen molar-refractivity contribution in [2.75, 3.05) is 11.9 Å². The number of rotatable bonds is 7. The number of aryl methyl sites for hydroxylation is 1. The fourth-order valence-corrected chi connectivity index (χ4v) is 2.45. The van der Waals surface area contributed by atoms with Crippen LogP contribution in [0.1, 0.15) is 35.7 Å². The smallest absolute Gasteiger partial charge is 0.253 e. The Morgan fingerprint density at radius 3 is 2.52 bits per heavy atom. The van der Waals surface area contributed by atoms with Crippen LogP contribution in [0.5, 0.6) is 0 Å². The van der Waals surface area contributed by atoms with Crippen molar-refractivity contribution in [3.63, 3.8) is 0 Å². The molecule has 0 aliphatic heterocycles. The normalized spacial score (nSPS) is 10.4. The molecule has 0 atom stereocenters. The van der Waals surface area contributed by atoms with Gasteiger partial charge in [0.1, 0.15) is 5.82 Å². The Morgan fingerprint density at radius 2 is 1.84 bits per heavy atom. The second-order valence-corrected chi connectivity index (χ2v) is 6.06. The van der Waals surface area contributed by atoms with Gasteiger partial charge < -0.3 is 10.6 Å². The van der Waals surface area contributed by atoms with Crippen molar-refractivity contribution in [3.05, 3.63) is 64.4 Å². The van der Waals surface area contributed by atoms with Crippen LogP contribution < -0.4 is 10.6 Å². The van der Waals surface area contributed by atoms with E-state index in [0.717, 1.165) is 12.0 Å². The van der Waals surface area contributed by atoms with Crippen LogP contribution in [-0.4, -0.2) is 18.4 Å². The Hall–Kier alpha value is -2.40. The molecule has 0 aromatic heterocycles. The summed E-state index contributed by atoms with van der Waals surface area (Å²) in [4.78, 5) is 24.4. The summed E-state index contributed by atoms with van der Waals surface area (Å²) < 4.78 is 12.9. The molecule has 2 aromatic carbocycles. The number of halogens is 2. The molecule has 0 aliphatic rings. The van der Waals surface area contributed by atoms with Crippen LogP contribution in [0.4, 0.5) is 10.1 Å². The first-order valence-electron chi connectivity index (χ1n) is 8.11. The van der Waals surface area contributed by atoms with Gasteiger partial charge in [0, 0.05) is 18.0 Å². The highest BCUT2D eigenvalue weighted by Gasteiger charge is 2.14. The average molecular weight is 363 g/mol. The number of carbonyl (C=O) groups is 2. The second-order valence-electron chi connectivity index (χ2n) is 5.62. The van der Waals surface area contributed by atoms with Gasteiger partial charge in [0.2, 0.25) is 5.91 Å². The predicted octanol–water partition coefficient (Wildman–Crippen LogP) is 4.19. The SMILES string of the molecule is CCCNC(=O)c1ccc(Cl)cc1NC(=O)CCc1ccc(F)cc1. The monoisotopic (exact) mass is 362 g/mol. The van der Waals surface area contributed by atoms with Gasteiger partial charge in [-0.05, 0) is 48.7 Å². The lowest BCUT2D eigenvalue weighted by Crippen LogP contribution is -2.25. The molecule has 2 amide bonds. The number of nitrogens with one attached hydrogen (secondary N) is 2. The molecule has 0 aliphatic carbocycles. The summed E-state index contributed by atoms with van der Waals surface area (Å²) in [5.74, 6) is -0.807. The highest BCUT2D eigenvalue weighted by atomic mass is 35.5. The Labute approximate surface area is 151 Å². The van der Waals surface area contributed by atoms with E-state index < -0.39 is 0 Å². The minimum Gasteiger partial charge on any atom is -0.352 e. The second kappa shape index (κ2) is 9.18. The van der Waals surface area contributed by atoms with Crippen molar-refractivity contribution in [2.45, 2.75) is 26.2 Å². The van der Waals surface area contributed by atoms with E-state index >= 15 is 0 Å². The lowest BCUT2D eigenvalue weighted by atomic mass is 10.1. The first-order valence-corrected chi connectivity index (χ1v) is 8.49. The van der Waals surface area contributed by atoms with E-state index in [-0.39, 0.29) is 24.1 Å². The lowest BCUT2D eigenvalue weighted by molar-refractivity contribution is -0.116. The maximum absolute atomic E-state index is 12.9. The number of hydrogen-bond acceptors (Lipinski definition) is 2. The van der Waals surface area contributed by atoms with E-state index in [0.29, 0.717) is 29.2 Å². The topological polar surface area (TPSA) is 58.2 Å². The van der Waals surface area contributed by atoms with Gasteiger partial charge in [-0.3, -0.25) is 9.59 Å². The van der Waals surface area contributed by atoms with Gasteiger partial charge in [-0.2, -0.15) is 0 Å². The molecule has 0 unspecified atom stereocenters. The van der Waals surface area contributed by atoms with Crippen LogP contribution in [0.3, 0.4) is 0 Å². The third kappa shape index (κ3) is 5.87. The Balaban J connectivity index is 2.02. The standard InChI is InChI=1S/C19H20ClFN2O2/c1-2-11-22-19(25)16-9-6-14(20)12-17(16)23-18(24)10-5-13-3-7-15(21)8-4-13/h3-4,6-9,12H,2,5,10-11H2,1H3,(H,22,25)(H,23,24). The molecular weight excluding hydrogens is 343 g/mol. The molecule has 0 bridgehead atoms. The highest BCUT2D eigenvalue weighted by molar-refractivity contribution is 6.31. The highest BCUT2D eigenvalue weighted by Crippen LogP contribution is 2.21. The average Bonchev–Trinajstić information content (AvgIpc) is 2.59. The molecule has 6 heteroatoms. The van der Waals surface area contributed by atoms with Crippen LogP contribution in [-0.2, 0) is 11.2 Å². The van der Waals surface area contributed by atoms with Gasteiger partial charge in [-0.25, -0.2) is 4.39 Å². The molecule has 0 heterocycles. The largest absolute Gasteiger partial charge is 0.352 e. The van der Waals surface area contributed by atoms with Crippen molar-refractivity contribution >= 4 is 29.1 Å².